The van der Waals surface area contributed by atoms with Crippen molar-refractivity contribution in [3.63, 3.8) is 0 Å². The van der Waals surface area contributed by atoms with E-state index in [1.54, 1.807) is 24.3 Å². The molecule has 0 saturated carbocycles. The molecule has 0 atom stereocenters. The molecule has 0 radical (unpaired) electrons. The van der Waals surface area contributed by atoms with Gasteiger partial charge in [0.15, 0.2) is 6.61 Å². The molecule has 9 heteroatoms. The Balaban J connectivity index is 1.96. The highest BCUT2D eigenvalue weighted by atomic mass is 35.5. The second-order valence-electron chi connectivity index (χ2n) is 5.69. The highest BCUT2D eigenvalue weighted by molar-refractivity contribution is 7.89. The molecule has 0 aliphatic rings. The number of anilines is 1. The first-order valence-corrected chi connectivity index (χ1v) is 10.5. The van der Waals surface area contributed by atoms with Crippen molar-refractivity contribution in [2.24, 2.45) is 0 Å². The van der Waals surface area contributed by atoms with Gasteiger partial charge in [-0.05, 0) is 42.8 Å². The summed E-state index contributed by atoms with van der Waals surface area (Å²) in [7, 11) is -3.63. The molecule has 0 saturated heterocycles. The number of hydrogen-bond donors (Lipinski definition) is 2. The Morgan fingerprint density at radius 2 is 1.93 bits per heavy atom. The van der Waals surface area contributed by atoms with E-state index < -0.39 is 15.9 Å². The lowest BCUT2D eigenvalue weighted by atomic mass is 10.3. The van der Waals surface area contributed by atoms with Crippen LogP contribution >= 0.6 is 23.2 Å². The lowest BCUT2D eigenvalue weighted by Crippen LogP contribution is -2.24. The van der Waals surface area contributed by atoms with Gasteiger partial charge in [0, 0.05) is 17.3 Å². The minimum atomic E-state index is -3.63. The van der Waals surface area contributed by atoms with E-state index in [1.165, 1.54) is 18.2 Å². The molecule has 0 fully saturated rings. The summed E-state index contributed by atoms with van der Waals surface area (Å²) in [6, 6.07) is 10.8. The van der Waals surface area contributed by atoms with Gasteiger partial charge in [0.2, 0.25) is 10.0 Å². The molecule has 2 N–H and O–H groups in total. The number of ether oxygens (including phenoxy) is 1. The minimum Gasteiger partial charge on any atom is -0.482 e. The summed E-state index contributed by atoms with van der Waals surface area (Å²) in [6.07, 6.45) is 1.63. The number of nitrogens with one attached hydrogen (secondary N) is 2. The highest BCUT2D eigenvalue weighted by Gasteiger charge is 2.16. The van der Waals surface area contributed by atoms with Crippen LogP contribution in [0.15, 0.2) is 47.4 Å². The number of halogens is 2. The molecule has 146 valence electrons. The maximum atomic E-state index is 12.2. The number of unbranched alkanes of at least 4 members (excludes halogenated alkanes) is 1. The Morgan fingerprint density at radius 3 is 2.59 bits per heavy atom. The van der Waals surface area contributed by atoms with E-state index in [0.717, 1.165) is 12.8 Å². The van der Waals surface area contributed by atoms with Gasteiger partial charge in [-0.3, -0.25) is 4.79 Å². The number of hydrogen-bond acceptors (Lipinski definition) is 4. The number of carbonyl (C=O) groups excluding carboxylic acids is 1. The third kappa shape index (κ3) is 6.70. The van der Waals surface area contributed by atoms with Crippen LogP contribution in [0.3, 0.4) is 0 Å². The summed E-state index contributed by atoms with van der Waals surface area (Å²) in [5, 5.41) is 3.24. The van der Waals surface area contributed by atoms with Crippen molar-refractivity contribution >= 4 is 44.8 Å². The lowest BCUT2D eigenvalue weighted by Gasteiger charge is -2.11. The van der Waals surface area contributed by atoms with Crippen molar-refractivity contribution in [2.75, 3.05) is 18.5 Å². The van der Waals surface area contributed by atoms with Gasteiger partial charge in [-0.1, -0.05) is 42.6 Å². The molecule has 2 rings (SSSR count). The maximum Gasteiger partial charge on any atom is 0.262 e. The zero-order chi connectivity index (χ0) is 19.9. The average Bonchev–Trinajstić information content (AvgIpc) is 2.60. The van der Waals surface area contributed by atoms with Crippen molar-refractivity contribution < 1.29 is 17.9 Å². The monoisotopic (exact) mass is 430 g/mol. The molecule has 0 spiro atoms. The van der Waals surface area contributed by atoms with Crippen LogP contribution in [0.2, 0.25) is 10.0 Å². The lowest BCUT2D eigenvalue weighted by molar-refractivity contribution is -0.118. The van der Waals surface area contributed by atoms with Crippen molar-refractivity contribution in [3.8, 4) is 5.75 Å². The molecule has 0 aliphatic heterocycles. The molecule has 0 heterocycles. The second kappa shape index (κ2) is 9.94. The van der Waals surface area contributed by atoms with E-state index in [0.29, 0.717) is 17.3 Å². The third-order valence-corrected chi connectivity index (χ3v) is 5.49. The van der Waals surface area contributed by atoms with Crippen molar-refractivity contribution in [3.05, 3.63) is 52.5 Å². The summed E-state index contributed by atoms with van der Waals surface area (Å²) in [4.78, 5) is 12.0. The zero-order valence-corrected chi connectivity index (χ0v) is 17.0. The quantitative estimate of drug-likeness (QED) is 0.586. The van der Waals surface area contributed by atoms with Crippen LogP contribution in [0.5, 0.6) is 5.75 Å². The Kier molecular flexibility index (Phi) is 7.91. The average molecular weight is 431 g/mol. The molecule has 0 aliphatic carbocycles. The Labute approximate surface area is 168 Å². The Morgan fingerprint density at radius 1 is 1.15 bits per heavy atom. The molecular weight excluding hydrogens is 411 g/mol. The number of rotatable bonds is 9. The predicted octanol–water partition coefficient (Wildman–Crippen LogP) is 4.09. The topological polar surface area (TPSA) is 84.5 Å². The number of benzene rings is 2. The van der Waals surface area contributed by atoms with E-state index >= 15 is 0 Å². The third-order valence-electron chi connectivity index (χ3n) is 3.50. The standard InChI is InChI=1S/C18H20Cl2N2O4S/c1-2-3-9-21-27(24,25)15-7-8-17(16(20)11-15)26-12-18(23)22-14-6-4-5-13(19)10-14/h4-8,10-11,21H,2-3,9,12H2,1H3,(H,22,23). The maximum absolute atomic E-state index is 12.2. The molecule has 2 aromatic carbocycles. The van der Waals surface area contributed by atoms with Gasteiger partial charge in [0.05, 0.1) is 9.92 Å². The highest BCUT2D eigenvalue weighted by Crippen LogP contribution is 2.27. The molecule has 0 bridgehead atoms. The van der Waals surface area contributed by atoms with Crippen LogP contribution < -0.4 is 14.8 Å². The van der Waals surface area contributed by atoms with Crippen LogP contribution in [-0.4, -0.2) is 27.5 Å². The first kappa shape index (κ1) is 21.5. The molecule has 0 unspecified atom stereocenters. The van der Waals surface area contributed by atoms with Crippen LogP contribution in [0.4, 0.5) is 5.69 Å². The molecule has 0 aromatic heterocycles. The minimum absolute atomic E-state index is 0.0410. The van der Waals surface area contributed by atoms with E-state index in [1.807, 2.05) is 6.92 Å². The fourth-order valence-corrected chi connectivity index (χ4v) is 3.73. The summed E-state index contributed by atoms with van der Waals surface area (Å²) in [5.41, 5.74) is 0.543. The number of amides is 1. The van der Waals surface area contributed by atoms with Gasteiger partial charge >= 0.3 is 0 Å². The summed E-state index contributed by atoms with van der Waals surface area (Å²) in [6.45, 7) is 2.05. The SMILES string of the molecule is CCCCNS(=O)(=O)c1ccc(OCC(=O)Nc2cccc(Cl)c2)c(Cl)c1. The van der Waals surface area contributed by atoms with Gasteiger partial charge < -0.3 is 10.1 Å². The first-order chi connectivity index (χ1) is 12.8. The normalized spacial score (nSPS) is 11.2. The van der Waals surface area contributed by atoms with Crippen LogP contribution in [0.1, 0.15) is 19.8 Å². The van der Waals surface area contributed by atoms with Gasteiger partial charge in [0.1, 0.15) is 5.75 Å². The summed E-state index contributed by atoms with van der Waals surface area (Å²) < 4.78 is 32.2. The molecule has 6 nitrogen and oxygen atoms in total. The van der Waals surface area contributed by atoms with Crippen LogP contribution in [-0.2, 0) is 14.8 Å². The van der Waals surface area contributed by atoms with E-state index in [9.17, 15) is 13.2 Å². The van der Waals surface area contributed by atoms with Crippen molar-refractivity contribution in [1.82, 2.24) is 4.72 Å². The summed E-state index contributed by atoms with van der Waals surface area (Å²) in [5.74, 6) is -0.184. The number of sulfonamides is 1. The smallest absolute Gasteiger partial charge is 0.262 e. The van der Waals surface area contributed by atoms with Crippen molar-refractivity contribution in [2.45, 2.75) is 24.7 Å². The van der Waals surface area contributed by atoms with Gasteiger partial charge in [0.25, 0.3) is 5.91 Å². The molecule has 1 amide bonds. The van der Waals surface area contributed by atoms with Crippen molar-refractivity contribution in [1.29, 1.82) is 0 Å². The Hall–Kier alpha value is -1.80. The Bertz CT molecular complexity index is 904. The molecule has 2 aromatic rings. The second-order valence-corrected chi connectivity index (χ2v) is 8.30. The summed E-state index contributed by atoms with van der Waals surface area (Å²) >= 11 is 12.0. The van der Waals surface area contributed by atoms with Crippen LogP contribution in [0.25, 0.3) is 0 Å². The van der Waals surface area contributed by atoms with Gasteiger partial charge in [-0.15, -0.1) is 0 Å². The van der Waals surface area contributed by atoms with E-state index in [4.69, 9.17) is 27.9 Å². The van der Waals surface area contributed by atoms with Gasteiger partial charge in [-0.2, -0.15) is 0 Å². The van der Waals surface area contributed by atoms with E-state index in [2.05, 4.69) is 10.0 Å². The van der Waals surface area contributed by atoms with Gasteiger partial charge in [-0.25, -0.2) is 13.1 Å². The van der Waals surface area contributed by atoms with E-state index in [-0.39, 0.29) is 22.3 Å². The number of carbonyl (C=O) groups is 1. The first-order valence-electron chi connectivity index (χ1n) is 8.29. The van der Waals surface area contributed by atoms with Crippen LogP contribution in [0, 0.1) is 0 Å². The largest absolute Gasteiger partial charge is 0.482 e. The fraction of sp³-hybridized carbons (Fsp3) is 0.278. The zero-order valence-electron chi connectivity index (χ0n) is 14.7. The molecular formula is C18H20Cl2N2O4S. The fourth-order valence-electron chi connectivity index (χ4n) is 2.14. The predicted molar refractivity (Wildman–Crippen MR) is 107 cm³/mol. The molecule has 27 heavy (non-hydrogen) atoms.